The minimum Gasteiger partial charge on any atom is -0.493 e. The number of carbonyl (C=O) groups is 1. The molecule has 0 radical (unpaired) electrons. The van der Waals surface area contributed by atoms with E-state index in [-0.39, 0.29) is 18.1 Å². The van der Waals surface area contributed by atoms with Crippen molar-refractivity contribution in [1.82, 2.24) is 10.3 Å². The van der Waals surface area contributed by atoms with Gasteiger partial charge >= 0.3 is 0 Å². The van der Waals surface area contributed by atoms with E-state index in [0.717, 1.165) is 35.0 Å². The highest BCUT2D eigenvalue weighted by Gasteiger charge is 2.25. The summed E-state index contributed by atoms with van der Waals surface area (Å²) < 4.78 is 33.0. The molecule has 0 bridgehead atoms. The first-order chi connectivity index (χ1) is 16.9. The number of hydrogen-bond acceptors (Lipinski definition) is 3. The van der Waals surface area contributed by atoms with Gasteiger partial charge < -0.3 is 20.1 Å². The number of aromatic nitrogens is 1. The molecule has 0 saturated heterocycles. The number of halogens is 2. The molecular formula is C28H28F2N2O3. The fraction of sp³-hybridized carbons (Fsp3) is 0.250. The summed E-state index contributed by atoms with van der Waals surface area (Å²) in [4.78, 5) is 16.6. The van der Waals surface area contributed by atoms with Crippen molar-refractivity contribution >= 4 is 16.8 Å². The maximum absolute atomic E-state index is 13.8. The van der Waals surface area contributed by atoms with Crippen LogP contribution >= 0.6 is 0 Å². The van der Waals surface area contributed by atoms with E-state index in [0.29, 0.717) is 23.5 Å². The molecule has 1 unspecified atom stereocenters. The lowest BCUT2D eigenvalue weighted by Gasteiger charge is -2.24. The van der Waals surface area contributed by atoms with E-state index in [4.69, 9.17) is 4.74 Å². The van der Waals surface area contributed by atoms with Crippen LogP contribution < -0.4 is 10.1 Å². The van der Waals surface area contributed by atoms with Crippen LogP contribution in [0.3, 0.4) is 0 Å². The molecule has 0 spiro atoms. The minimum absolute atomic E-state index is 0.186. The molecule has 3 aromatic carbocycles. The normalized spacial score (nSPS) is 12.9. The van der Waals surface area contributed by atoms with Gasteiger partial charge in [0.1, 0.15) is 5.75 Å². The van der Waals surface area contributed by atoms with Crippen LogP contribution in [0.1, 0.15) is 42.1 Å². The second kappa shape index (κ2) is 10.7. The van der Waals surface area contributed by atoms with Crippen molar-refractivity contribution in [2.24, 2.45) is 0 Å². The molecule has 4 aromatic rings. The van der Waals surface area contributed by atoms with E-state index in [1.54, 1.807) is 18.2 Å². The van der Waals surface area contributed by atoms with Gasteiger partial charge in [-0.1, -0.05) is 44.2 Å². The molecule has 4 rings (SSSR count). The van der Waals surface area contributed by atoms with Crippen molar-refractivity contribution in [3.63, 3.8) is 0 Å². The number of hydrogen-bond donors (Lipinski definition) is 3. The minimum atomic E-state index is -0.965. The van der Waals surface area contributed by atoms with E-state index < -0.39 is 23.6 Å². The third-order valence-corrected chi connectivity index (χ3v) is 6.17. The highest BCUT2D eigenvalue weighted by Crippen LogP contribution is 2.30. The number of amides is 1. The van der Waals surface area contributed by atoms with Crippen molar-refractivity contribution < 1.29 is 23.4 Å². The zero-order chi connectivity index (χ0) is 24.9. The lowest BCUT2D eigenvalue weighted by molar-refractivity contribution is 0.0903. The average Bonchev–Trinajstić information content (AvgIpc) is 3.31. The summed E-state index contributed by atoms with van der Waals surface area (Å²) in [7, 11) is 0. The monoisotopic (exact) mass is 478 g/mol. The lowest BCUT2D eigenvalue weighted by Crippen LogP contribution is -2.41. The van der Waals surface area contributed by atoms with Gasteiger partial charge in [-0.2, -0.15) is 0 Å². The van der Waals surface area contributed by atoms with E-state index >= 15 is 0 Å². The zero-order valence-corrected chi connectivity index (χ0v) is 19.6. The van der Waals surface area contributed by atoms with Gasteiger partial charge in [0, 0.05) is 23.0 Å². The first kappa shape index (κ1) is 24.4. The predicted octanol–water partition coefficient (Wildman–Crippen LogP) is 5.80. The number of benzene rings is 3. The Balaban J connectivity index is 1.64. The molecular weight excluding hydrogens is 450 g/mol. The molecule has 182 valence electrons. The largest absolute Gasteiger partial charge is 0.493 e. The molecule has 0 fully saturated rings. The van der Waals surface area contributed by atoms with Gasteiger partial charge in [0.25, 0.3) is 5.91 Å². The SMILES string of the molecule is CCCOc1ccc(-c2ccc(F)c(F)c2)cc1C(=O)NC(CO)[C@H](C)c1c[nH]c2ccccc12. The molecule has 5 nitrogen and oxygen atoms in total. The Labute approximate surface area is 202 Å². The number of nitrogens with one attached hydrogen (secondary N) is 2. The molecule has 0 saturated carbocycles. The molecule has 1 heterocycles. The van der Waals surface area contributed by atoms with Crippen molar-refractivity contribution in [1.29, 1.82) is 0 Å². The van der Waals surface area contributed by atoms with Crippen LogP contribution in [0, 0.1) is 11.6 Å². The molecule has 0 aliphatic rings. The Morgan fingerprint density at radius 3 is 2.54 bits per heavy atom. The van der Waals surface area contributed by atoms with Crippen molar-refractivity contribution in [2.45, 2.75) is 32.2 Å². The van der Waals surface area contributed by atoms with Crippen LogP contribution in [-0.4, -0.2) is 35.3 Å². The Hall–Kier alpha value is -3.71. The molecule has 2 atom stereocenters. The van der Waals surface area contributed by atoms with E-state index in [9.17, 15) is 18.7 Å². The Morgan fingerprint density at radius 1 is 1.06 bits per heavy atom. The summed E-state index contributed by atoms with van der Waals surface area (Å²) in [5, 5.41) is 14.1. The summed E-state index contributed by atoms with van der Waals surface area (Å²) >= 11 is 0. The summed E-state index contributed by atoms with van der Waals surface area (Å²) in [6, 6.07) is 15.8. The van der Waals surface area contributed by atoms with Gasteiger partial charge in [-0.3, -0.25) is 4.79 Å². The highest BCUT2D eigenvalue weighted by molar-refractivity contribution is 5.98. The van der Waals surface area contributed by atoms with Crippen LogP contribution in [0.25, 0.3) is 22.0 Å². The third-order valence-electron chi connectivity index (χ3n) is 6.17. The molecule has 35 heavy (non-hydrogen) atoms. The molecule has 1 amide bonds. The number of H-pyrrole nitrogens is 1. The number of aliphatic hydroxyl groups is 1. The third kappa shape index (κ3) is 5.20. The maximum Gasteiger partial charge on any atom is 0.255 e. The zero-order valence-electron chi connectivity index (χ0n) is 19.6. The van der Waals surface area contributed by atoms with Crippen LogP contribution in [0.4, 0.5) is 8.78 Å². The molecule has 1 aromatic heterocycles. The molecule has 7 heteroatoms. The molecule has 0 aliphatic heterocycles. The fourth-order valence-electron chi connectivity index (χ4n) is 4.16. The van der Waals surface area contributed by atoms with Gasteiger partial charge in [0.2, 0.25) is 0 Å². The summed E-state index contributed by atoms with van der Waals surface area (Å²) in [5.41, 5.74) is 3.20. The standard InChI is InChI=1S/C28H28F2N2O3/c1-3-12-35-27-11-9-18(19-8-10-23(29)24(30)14-19)13-21(27)28(34)32-26(16-33)17(2)22-15-31-25-7-5-4-6-20(22)25/h4-11,13-15,17,26,31,33H,3,12,16H2,1-2H3,(H,32,34)/t17-,26?/m1/s1. The van der Waals surface area contributed by atoms with Crippen LogP contribution in [0.15, 0.2) is 66.9 Å². The van der Waals surface area contributed by atoms with Gasteiger partial charge in [-0.05, 0) is 53.4 Å². The van der Waals surface area contributed by atoms with E-state index in [2.05, 4.69) is 10.3 Å². The first-order valence-electron chi connectivity index (χ1n) is 11.6. The Morgan fingerprint density at radius 2 is 1.80 bits per heavy atom. The highest BCUT2D eigenvalue weighted by atomic mass is 19.2. The van der Waals surface area contributed by atoms with Crippen molar-refractivity contribution in [2.75, 3.05) is 13.2 Å². The number of ether oxygens (including phenoxy) is 1. The summed E-state index contributed by atoms with van der Waals surface area (Å²) in [6.45, 7) is 4.06. The topological polar surface area (TPSA) is 74.3 Å². The number of para-hydroxylation sites is 1. The smallest absolute Gasteiger partial charge is 0.255 e. The number of rotatable bonds is 9. The second-order valence-electron chi connectivity index (χ2n) is 8.53. The first-order valence-corrected chi connectivity index (χ1v) is 11.6. The molecule has 3 N–H and O–H groups in total. The van der Waals surface area contributed by atoms with E-state index in [1.165, 1.54) is 6.07 Å². The predicted molar refractivity (Wildman–Crippen MR) is 133 cm³/mol. The number of carbonyl (C=O) groups excluding carboxylic acids is 1. The lowest BCUT2D eigenvalue weighted by atomic mass is 9.93. The number of fused-ring (bicyclic) bond motifs is 1. The summed E-state index contributed by atoms with van der Waals surface area (Å²) in [5.74, 6) is -2.13. The number of aromatic amines is 1. The number of aliphatic hydroxyl groups excluding tert-OH is 1. The average molecular weight is 479 g/mol. The van der Waals surface area contributed by atoms with Crippen LogP contribution in [-0.2, 0) is 0 Å². The summed E-state index contributed by atoms with van der Waals surface area (Å²) in [6.07, 6.45) is 2.65. The van der Waals surface area contributed by atoms with Gasteiger partial charge in [0.15, 0.2) is 11.6 Å². The van der Waals surface area contributed by atoms with Crippen molar-refractivity contribution in [3.05, 3.63) is 89.6 Å². The van der Waals surface area contributed by atoms with Gasteiger partial charge in [0.05, 0.1) is 24.8 Å². The Bertz CT molecular complexity index is 1340. The quantitative estimate of drug-likeness (QED) is 0.285. The van der Waals surface area contributed by atoms with E-state index in [1.807, 2.05) is 44.3 Å². The fourth-order valence-corrected chi connectivity index (χ4v) is 4.16. The van der Waals surface area contributed by atoms with Crippen LogP contribution in [0.2, 0.25) is 0 Å². The molecule has 0 aliphatic carbocycles. The van der Waals surface area contributed by atoms with Crippen molar-refractivity contribution in [3.8, 4) is 16.9 Å². The second-order valence-corrected chi connectivity index (χ2v) is 8.53. The van der Waals surface area contributed by atoms with Gasteiger partial charge in [-0.15, -0.1) is 0 Å². The maximum atomic E-state index is 13.8. The Kier molecular flexibility index (Phi) is 7.46. The van der Waals surface area contributed by atoms with Gasteiger partial charge in [-0.25, -0.2) is 8.78 Å². The van der Waals surface area contributed by atoms with Crippen LogP contribution in [0.5, 0.6) is 5.75 Å².